The zero-order chi connectivity index (χ0) is 20.5. The zero-order valence-corrected chi connectivity index (χ0v) is 16.7. The van der Waals surface area contributed by atoms with E-state index in [1.807, 2.05) is 77.6 Å². The fourth-order valence-corrected chi connectivity index (χ4v) is 3.88. The fourth-order valence-electron chi connectivity index (χ4n) is 3.88. The molecule has 4 aromatic rings. The molecule has 1 aromatic heterocycles. The monoisotopic (exact) mass is 394 g/mol. The number of methoxy groups -OCH3 is 1. The number of hydrogen-bond acceptors (Lipinski definition) is 3. The summed E-state index contributed by atoms with van der Waals surface area (Å²) in [4.78, 5) is 0. The van der Waals surface area contributed by atoms with E-state index in [0.717, 1.165) is 50.7 Å². The van der Waals surface area contributed by atoms with Crippen molar-refractivity contribution >= 4 is 27.4 Å². The molecule has 1 unspecified atom stereocenters. The summed E-state index contributed by atoms with van der Waals surface area (Å²) in [5.74, 6) is 0.827. The molecule has 0 amide bonds. The number of allylic oxidation sites excluding steroid dienone is 6. The van der Waals surface area contributed by atoms with Crippen LogP contribution in [-0.4, -0.2) is 22.0 Å². The Morgan fingerprint density at radius 1 is 0.933 bits per heavy atom. The van der Waals surface area contributed by atoms with Gasteiger partial charge in [0.1, 0.15) is 11.9 Å². The van der Waals surface area contributed by atoms with Crippen LogP contribution < -0.4 is 4.74 Å². The average Bonchev–Trinajstić information content (AvgIpc) is 3.02. The zero-order valence-electron chi connectivity index (χ0n) is 16.7. The lowest BCUT2D eigenvalue weighted by Gasteiger charge is -2.13. The standard InChI is InChI=1S/C26H22N2O2/c1-30-24-12-10-18-14-20(9-8-19(18)16-24)26(29)21-11-13-25-22(15-21)17-27-28(25)23-6-4-2-3-5-7-23/h2-4,6-17,26,29H,5H2,1H3. The summed E-state index contributed by atoms with van der Waals surface area (Å²) in [6, 6.07) is 18.0. The van der Waals surface area contributed by atoms with Crippen LogP contribution in [0, 0.1) is 0 Å². The first-order valence-electron chi connectivity index (χ1n) is 10.00. The van der Waals surface area contributed by atoms with Crippen LogP contribution in [0.15, 0.2) is 91.2 Å². The van der Waals surface area contributed by atoms with Gasteiger partial charge in [-0.3, -0.25) is 0 Å². The molecule has 1 atom stereocenters. The third kappa shape index (κ3) is 3.31. The van der Waals surface area contributed by atoms with Gasteiger partial charge < -0.3 is 9.84 Å². The molecule has 5 rings (SSSR count). The molecule has 1 N–H and O–H groups in total. The van der Waals surface area contributed by atoms with Crippen molar-refractivity contribution in [2.45, 2.75) is 12.5 Å². The van der Waals surface area contributed by atoms with Crippen molar-refractivity contribution in [1.29, 1.82) is 0 Å². The summed E-state index contributed by atoms with van der Waals surface area (Å²) < 4.78 is 7.24. The van der Waals surface area contributed by atoms with Crippen molar-refractivity contribution in [2.24, 2.45) is 0 Å². The van der Waals surface area contributed by atoms with E-state index in [1.54, 1.807) is 7.11 Å². The number of rotatable bonds is 4. The normalized spacial score (nSPS) is 14.7. The van der Waals surface area contributed by atoms with E-state index in [-0.39, 0.29) is 0 Å². The predicted molar refractivity (Wildman–Crippen MR) is 121 cm³/mol. The van der Waals surface area contributed by atoms with E-state index in [0.29, 0.717) is 0 Å². The maximum Gasteiger partial charge on any atom is 0.119 e. The number of aliphatic hydroxyl groups excluding tert-OH is 1. The molecule has 0 radical (unpaired) electrons. The third-order valence-electron chi connectivity index (χ3n) is 5.52. The van der Waals surface area contributed by atoms with E-state index in [9.17, 15) is 5.11 Å². The largest absolute Gasteiger partial charge is 0.497 e. The number of nitrogens with zero attached hydrogens (tertiary/aromatic N) is 2. The lowest BCUT2D eigenvalue weighted by atomic mass is 9.97. The number of ether oxygens (including phenoxy) is 1. The Morgan fingerprint density at radius 2 is 1.70 bits per heavy atom. The van der Waals surface area contributed by atoms with Gasteiger partial charge in [-0.2, -0.15) is 5.10 Å². The van der Waals surface area contributed by atoms with Crippen molar-refractivity contribution < 1.29 is 9.84 Å². The molecule has 0 bridgehead atoms. The third-order valence-corrected chi connectivity index (χ3v) is 5.52. The van der Waals surface area contributed by atoms with E-state index in [4.69, 9.17) is 4.74 Å². The minimum Gasteiger partial charge on any atom is -0.497 e. The Kier molecular flexibility index (Phi) is 4.69. The van der Waals surface area contributed by atoms with Gasteiger partial charge in [0.2, 0.25) is 0 Å². The number of hydrogen-bond donors (Lipinski definition) is 1. The maximum absolute atomic E-state index is 11.0. The van der Waals surface area contributed by atoms with Gasteiger partial charge in [-0.05, 0) is 64.7 Å². The second kappa shape index (κ2) is 7.65. The number of benzene rings is 3. The van der Waals surface area contributed by atoms with E-state index < -0.39 is 6.10 Å². The first-order chi connectivity index (χ1) is 14.7. The van der Waals surface area contributed by atoms with Gasteiger partial charge in [-0.25, -0.2) is 4.68 Å². The van der Waals surface area contributed by atoms with Gasteiger partial charge in [0.05, 0.1) is 24.5 Å². The highest BCUT2D eigenvalue weighted by Gasteiger charge is 2.14. The van der Waals surface area contributed by atoms with Crippen LogP contribution in [0.2, 0.25) is 0 Å². The Morgan fingerprint density at radius 3 is 2.57 bits per heavy atom. The molecule has 0 saturated heterocycles. The van der Waals surface area contributed by atoms with Crippen LogP contribution in [0.25, 0.3) is 27.4 Å². The van der Waals surface area contributed by atoms with Gasteiger partial charge in [-0.1, -0.05) is 48.6 Å². The van der Waals surface area contributed by atoms with Crippen molar-refractivity contribution in [2.75, 3.05) is 7.11 Å². The molecular formula is C26H22N2O2. The van der Waals surface area contributed by atoms with Crippen LogP contribution in [0.3, 0.4) is 0 Å². The fraction of sp³-hybridized carbons (Fsp3) is 0.115. The molecule has 148 valence electrons. The van der Waals surface area contributed by atoms with Gasteiger partial charge >= 0.3 is 0 Å². The minimum atomic E-state index is -0.703. The molecule has 0 spiro atoms. The molecule has 4 heteroatoms. The molecule has 1 aliphatic rings. The van der Waals surface area contributed by atoms with E-state index >= 15 is 0 Å². The predicted octanol–water partition coefficient (Wildman–Crippen LogP) is 5.64. The molecule has 0 fully saturated rings. The molecule has 3 aromatic carbocycles. The smallest absolute Gasteiger partial charge is 0.119 e. The van der Waals surface area contributed by atoms with Crippen molar-refractivity contribution in [3.63, 3.8) is 0 Å². The number of aromatic nitrogens is 2. The highest BCUT2D eigenvalue weighted by atomic mass is 16.5. The summed E-state index contributed by atoms with van der Waals surface area (Å²) in [6.07, 6.45) is 12.4. The molecule has 0 saturated carbocycles. The SMILES string of the molecule is COc1ccc2cc(C(O)c3ccc4c(cnn4C4=CCC=CC=C4)c3)ccc2c1. The van der Waals surface area contributed by atoms with Crippen molar-refractivity contribution in [3.05, 3.63) is 102 Å². The van der Waals surface area contributed by atoms with Gasteiger partial charge in [0.25, 0.3) is 0 Å². The first-order valence-corrected chi connectivity index (χ1v) is 10.00. The summed E-state index contributed by atoms with van der Waals surface area (Å²) in [6.45, 7) is 0. The molecule has 4 nitrogen and oxygen atoms in total. The van der Waals surface area contributed by atoms with Crippen LogP contribution in [0.5, 0.6) is 5.75 Å². The van der Waals surface area contributed by atoms with Gasteiger partial charge in [0.15, 0.2) is 0 Å². The van der Waals surface area contributed by atoms with Crippen LogP contribution in [0.4, 0.5) is 0 Å². The molecule has 30 heavy (non-hydrogen) atoms. The number of fused-ring (bicyclic) bond motifs is 2. The van der Waals surface area contributed by atoms with Crippen LogP contribution in [0.1, 0.15) is 23.7 Å². The topological polar surface area (TPSA) is 47.3 Å². The lowest BCUT2D eigenvalue weighted by Crippen LogP contribution is -2.00. The van der Waals surface area contributed by atoms with E-state index in [2.05, 4.69) is 23.3 Å². The Labute approximate surface area is 175 Å². The van der Waals surface area contributed by atoms with Crippen molar-refractivity contribution in [1.82, 2.24) is 9.78 Å². The molecular weight excluding hydrogens is 372 g/mol. The lowest BCUT2D eigenvalue weighted by molar-refractivity contribution is 0.220. The van der Waals surface area contributed by atoms with E-state index in [1.165, 1.54) is 0 Å². The summed E-state index contributed by atoms with van der Waals surface area (Å²) >= 11 is 0. The summed E-state index contributed by atoms with van der Waals surface area (Å²) in [5, 5.41) is 18.7. The Bertz CT molecular complexity index is 1330. The minimum absolute atomic E-state index is 0.703. The number of aliphatic hydroxyl groups is 1. The van der Waals surface area contributed by atoms with Crippen molar-refractivity contribution in [3.8, 4) is 5.75 Å². The molecule has 1 aliphatic carbocycles. The molecule has 1 heterocycles. The summed E-state index contributed by atoms with van der Waals surface area (Å²) in [7, 11) is 1.66. The quantitative estimate of drug-likeness (QED) is 0.487. The maximum atomic E-state index is 11.0. The Hall–Kier alpha value is -3.63. The second-order valence-electron chi connectivity index (χ2n) is 7.40. The summed E-state index contributed by atoms with van der Waals surface area (Å²) in [5.41, 5.74) is 3.78. The van der Waals surface area contributed by atoms with Gasteiger partial charge in [-0.15, -0.1) is 0 Å². The van der Waals surface area contributed by atoms with Crippen LogP contribution in [-0.2, 0) is 0 Å². The highest BCUT2D eigenvalue weighted by molar-refractivity contribution is 5.86. The Balaban J connectivity index is 1.48. The highest BCUT2D eigenvalue weighted by Crippen LogP contribution is 2.30. The molecule has 0 aliphatic heterocycles. The van der Waals surface area contributed by atoms with Gasteiger partial charge in [0, 0.05) is 5.39 Å². The second-order valence-corrected chi connectivity index (χ2v) is 7.40. The first kappa shape index (κ1) is 18.4. The van der Waals surface area contributed by atoms with Crippen LogP contribution >= 0.6 is 0 Å². The average molecular weight is 394 g/mol.